The first-order valence-corrected chi connectivity index (χ1v) is 15.3. The molecule has 1 heterocycles. The second-order valence-corrected chi connectivity index (χ2v) is 11.7. The minimum atomic E-state index is 0.140. The molecule has 0 N–H and O–H groups in total. The number of hydrogen-bond acceptors (Lipinski definition) is 0. The first kappa shape index (κ1) is 24.9. The number of aromatic nitrogens is 1. The van der Waals surface area contributed by atoms with Crippen LogP contribution in [0.4, 0.5) is 0 Å². The van der Waals surface area contributed by atoms with Crippen LogP contribution >= 0.6 is 0 Å². The Balaban J connectivity index is 1.29. The van der Waals surface area contributed by atoms with Crippen LogP contribution in [0.3, 0.4) is 0 Å². The minimum absolute atomic E-state index is 0.140. The summed E-state index contributed by atoms with van der Waals surface area (Å²) >= 11 is 0. The summed E-state index contributed by atoms with van der Waals surface area (Å²) in [6, 6.07) is 62.1. The fourth-order valence-corrected chi connectivity index (χ4v) is 7.31. The van der Waals surface area contributed by atoms with Crippen molar-refractivity contribution in [2.75, 3.05) is 0 Å². The van der Waals surface area contributed by atoms with Gasteiger partial charge in [0, 0.05) is 22.4 Å². The van der Waals surface area contributed by atoms with Gasteiger partial charge < -0.3 is 4.57 Å². The summed E-state index contributed by atoms with van der Waals surface area (Å²) in [5, 5.41) is 2.58. The standard InChI is InChI=1S/C43H29N/c1-3-11-29(12-4-1)31-19-21-33(22-20-31)41-37-17-8-7-15-35(37)38-27-28-39-36-16-9-10-18-40(36)44(43(39)42(38)41)34-25-23-32(24-26-34)30-13-5-2-6-14-30/h1-28,41H. The van der Waals surface area contributed by atoms with Gasteiger partial charge in [0.15, 0.2) is 0 Å². The van der Waals surface area contributed by atoms with Gasteiger partial charge in [-0.2, -0.15) is 0 Å². The average molecular weight is 560 g/mol. The molecule has 44 heavy (non-hydrogen) atoms. The quantitative estimate of drug-likeness (QED) is 0.202. The van der Waals surface area contributed by atoms with E-state index >= 15 is 0 Å². The lowest BCUT2D eigenvalue weighted by Crippen LogP contribution is -2.03. The van der Waals surface area contributed by atoms with Gasteiger partial charge in [-0.15, -0.1) is 0 Å². The normalized spacial score (nSPS) is 13.7. The first-order valence-electron chi connectivity index (χ1n) is 15.3. The molecule has 1 heteroatoms. The molecule has 206 valence electrons. The van der Waals surface area contributed by atoms with E-state index in [9.17, 15) is 0 Å². The number of rotatable bonds is 4. The second-order valence-electron chi connectivity index (χ2n) is 11.7. The number of fused-ring (bicyclic) bond motifs is 7. The molecule has 0 aliphatic heterocycles. The Labute approximate surface area is 257 Å². The summed E-state index contributed by atoms with van der Waals surface area (Å²) < 4.78 is 2.50. The van der Waals surface area contributed by atoms with Crippen molar-refractivity contribution in [3.8, 4) is 39.1 Å². The lowest BCUT2D eigenvalue weighted by Gasteiger charge is -2.18. The molecule has 1 atom stereocenters. The molecule has 0 radical (unpaired) electrons. The Kier molecular flexibility index (Phi) is 5.64. The smallest absolute Gasteiger partial charge is 0.0588 e. The Bertz CT molecular complexity index is 2290. The third-order valence-corrected chi connectivity index (χ3v) is 9.31. The lowest BCUT2D eigenvalue weighted by atomic mass is 9.87. The van der Waals surface area contributed by atoms with E-state index < -0.39 is 0 Å². The molecule has 1 aromatic heterocycles. The summed E-state index contributed by atoms with van der Waals surface area (Å²) in [6.45, 7) is 0. The van der Waals surface area contributed by atoms with Crippen molar-refractivity contribution in [3.05, 3.63) is 187 Å². The average Bonchev–Trinajstić information content (AvgIpc) is 3.62. The van der Waals surface area contributed by atoms with Crippen molar-refractivity contribution in [2.45, 2.75) is 5.92 Å². The molecule has 8 aromatic rings. The van der Waals surface area contributed by atoms with Crippen molar-refractivity contribution in [1.29, 1.82) is 0 Å². The van der Waals surface area contributed by atoms with E-state index in [-0.39, 0.29) is 5.92 Å². The minimum Gasteiger partial charge on any atom is -0.309 e. The molecular weight excluding hydrogens is 530 g/mol. The highest BCUT2D eigenvalue weighted by atomic mass is 15.0. The molecule has 1 aliphatic rings. The predicted octanol–water partition coefficient (Wildman–Crippen LogP) is 11.3. The van der Waals surface area contributed by atoms with Crippen LogP contribution in [0.2, 0.25) is 0 Å². The van der Waals surface area contributed by atoms with Crippen LogP contribution < -0.4 is 0 Å². The molecule has 7 aromatic carbocycles. The molecule has 1 aliphatic carbocycles. The van der Waals surface area contributed by atoms with Gasteiger partial charge in [0.25, 0.3) is 0 Å². The fourth-order valence-electron chi connectivity index (χ4n) is 7.31. The molecule has 0 saturated carbocycles. The number of para-hydroxylation sites is 1. The summed E-state index contributed by atoms with van der Waals surface area (Å²) in [4.78, 5) is 0. The maximum absolute atomic E-state index is 2.50. The van der Waals surface area contributed by atoms with Crippen LogP contribution in [-0.4, -0.2) is 4.57 Å². The monoisotopic (exact) mass is 559 g/mol. The number of nitrogens with zero attached hydrogens (tertiary/aromatic N) is 1. The van der Waals surface area contributed by atoms with Crippen LogP contribution in [0.15, 0.2) is 170 Å². The summed E-state index contributed by atoms with van der Waals surface area (Å²) in [5.41, 5.74) is 15.4. The zero-order valence-electron chi connectivity index (χ0n) is 24.2. The molecular formula is C43H29N. The van der Waals surface area contributed by atoms with E-state index in [1.54, 1.807) is 0 Å². The second kappa shape index (κ2) is 9.97. The first-order chi connectivity index (χ1) is 21.8. The lowest BCUT2D eigenvalue weighted by molar-refractivity contribution is 1.01. The third kappa shape index (κ3) is 3.80. The SMILES string of the molecule is c1ccc(-c2ccc(C3c4ccccc4-c4ccc5c6ccccc6n(-c6ccc(-c7ccccc7)cc6)c5c43)cc2)cc1. The molecule has 1 unspecified atom stereocenters. The van der Waals surface area contributed by atoms with Crippen LogP contribution in [-0.2, 0) is 0 Å². The van der Waals surface area contributed by atoms with Gasteiger partial charge in [0.1, 0.15) is 0 Å². The summed E-state index contributed by atoms with van der Waals surface area (Å²) in [7, 11) is 0. The Morgan fingerprint density at radius 1 is 0.386 bits per heavy atom. The largest absolute Gasteiger partial charge is 0.309 e. The molecule has 0 spiro atoms. The number of benzene rings is 7. The Hall–Kier alpha value is -5.66. The maximum Gasteiger partial charge on any atom is 0.0588 e. The van der Waals surface area contributed by atoms with Gasteiger partial charge in [-0.05, 0) is 68.3 Å². The topological polar surface area (TPSA) is 4.93 Å². The van der Waals surface area contributed by atoms with Gasteiger partial charge in [-0.1, -0.05) is 152 Å². The molecule has 0 bridgehead atoms. The number of hydrogen-bond donors (Lipinski definition) is 0. The van der Waals surface area contributed by atoms with Crippen LogP contribution in [0.1, 0.15) is 22.6 Å². The van der Waals surface area contributed by atoms with Crippen molar-refractivity contribution in [1.82, 2.24) is 4.57 Å². The van der Waals surface area contributed by atoms with E-state index in [1.165, 1.54) is 77.6 Å². The molecule has 0 saturated heterocycles. The van der Waals surface area contributed by atoms with Gasteiger partial charge >= 0.3 is 0 Å². The highest BCUT2D eigenvalue weighted by Gasteiger charge is 2.33. The van der Waals surface area contributed by atoms with E-state index in [2.05, 4.69) is 174 Å². The Morgan fingerprint density at radius 3 is 1.66 bits per heavy atom. The maximum atomic E-state index is 2.50. The van der Waals surface area contributed by atoms with Crippen molar-refractivity contribution in [3.63, 3.8) is 0 Å². The van der Waals surface area contributed by atoms with E-state index in [0.717, 1.165) is 0 Å². The van der Waals surface area contributed by atoms with Gasteiger partial charge in [-0.3, -0.25) is 0 Å². The zero-order valence-corrected chi connectivity index (χ0v) is 24.2. The molecule has 1 nitrogen and oxygen atoms in total. The van der Waals surface area contributed by atoms with Gasteiger partial charge in [0.05, 0.1) is 11.0 Å². The van der Waals surface area contributed by atoms with E-state index in [4.69, 9.17) is 0 Å². The molecule has 0 amide bonds. The van der Waals surface area contributed by atoms with Gasteiger partial charge in [-0.25, -0.2) is 0 Å². The van der Waals surface area contributed by atoms with Crippen molar-refractivity contribution in [2.24, 2.45) is 0 Å². The summed E-state index contributed by atoms with van der Waals surface area (Å²) in [5.74, 6) is 0.140. The summed E-state index contributed by atoms with van der Waals surface area (Å²) in [6.07, 6.45) is 0. The van der Waals surface area contributed by atoms with Crippen molar-refractivity contribution >= 4 is 21.8 Å². The fraction of sp³-hybridized carbons (Fsp3) is 0.0233. The van der Waals surface area contributed by atoms with E-state index in [0.29, 0.717) is 0 Å². The Morgan fingerprint density at radius 2 is 0.955 bits per heavy atom. The molecule has 9 rings (SSSR count). The third-order valence-electron chi connectivity index (χ3n) is 9.31. The van der Waals surface area contributed by atoms with Crippen LogP contribution in [0.25, 0.3) is 60.9 Å². The van der Waals surface area contributed by atoms with Crippen LogP contribution in [0, 0.1) is 0 Å². The predicted molar refractivity (Wildman–Crippen MR) is 184 cm³/mol. The zero-order chi connectivity index (χ0) is 29.0. The van der Waals surface area contributed by atoms with Gasteiger partial charge in [0.2, 0.25) is 0 Å². The van der Waals surface area contributed by atoms with Crippen molar-refractivity contribution < 1.29 is 0 Å². The molecule has 0 fully saturated rings. The van der Waals surface area contributed by atoms with Crippen LogP contribution in [0.5, 0.6) is 0 Å². The highest BCUT2D eigenvalue weighted by Crippen LogP contribution is 2.52. The van der Waals surface area contributed by atoms with E-state index in [1.807, 2.05) is 0 Å². The highest BCUT2D eigenvalue weighted by molar-refractivity contribution is 6.13.